The van der Waals surface area contributed by atoms with E-state index >= 15 is 0 Å². The lowest BCUT2D eigenvalue weighted by molar-refractivity contribution is -0.114. The van der Waals surface area contributed by atoms with Crippen LogP contribution in [0, 0.1) is 6.42 Å². The number of carbonyl (C=O) groups excluding carboxylic acids is 1. The lowest BCUT2D eigenvalue weighted by atomic mass is 10.1. The largest absolute Gasteiger partial charge is 0.369 e. The molecule has 1 rings (SSSR count). The van der Waals surface area contributed by atoms with Crippen molar-refractivity contribution in [3.05, 3.63) is 40.2 Å². The van der Waals surface area contributed by atoms with Crippen LogP contribution in [-0.2, 0) is 4.79 Å². The van der Waals surface area contributed by atoms with Gasteiger partial charge in [0.05, 0.1) is 6.42 Å². The number of nitrogens with two attached hydrogens (primary N) is 1. The highest BCUT2D eigenvalue weighted by molar-refractivity contribution is 6.35. The summed E-state index contributed by atoms with van der Waals surface area (Å²) in [5, 5.41) is 0.947. The van der Waals surface area contributed by atoms with Gasteiger partial charge in [0.25, 0.3) is 0 Å². The first-order valence-corrected chi connectivity index (χ1v) is 3.94. The smallest absolute Gasteiger partial charge is 0.226 e. The lowest BCUT2D eigenvalue weighted by Gasteiger charge is -2.00. The molecule has 0 aliphatic heterocycles. The minimum Gasteiger partial charge on any atom is -0.369 e. The van der Waals surface area contributed by atoms with E-state index in [4.69, 9.17) is 28.9 Å². The minimum atomic E-state index is -0.528. The van der Waals surface area contributed by atoms with Crippen molar-refractivity contribution >= 4 is 29.1 Å². The average Bonchev–Trinajstić information content (AvgIpc) is 1.94. The summed E-state index contributed by atoms with van der Waals surface area (Å²) in [5.74, 6) is -0.528. The molecule has 0 saturated carbocycles. The molecule has 1 aromatic carbocycles. The second-order valence-electron chi connectivity index (χ2n) is 2.21. The van der Waals surface area contributed by atoms with E-state index in [9.17, 15) is 4.79 Å². The Hall–Kier alpha value is -0.730. The summed E-state index contributed by atoms with van der Waals surface area (Å²) in [7, 11) is 0. The molecule has 12 heavy (non-hydrogen) atoms. The van der Waals surface area contributed by atoms with Crippen LogP contribution in [0.25, 0.3) is 0 Å². The summed E-state index contributed by atoms with van der Waals surface area (Å²) in [6.45, 7) is 0. The van der Waals surface area contributed by atoms with E-state index in [2.05, 4.69) is 0 Å². The Morgan fingerprint density at radius 2 is 2.08 bits per heavy atom. The fourth-order valence-electron chi connectivity index (χ4n) is 0.772. The maximum Gasteiger partial charge on any atom is 0.226 e. The summed E-state index contributed by atoms with van der Waals surface area (Å²) in [6.07, 6.45) is 1.25. The summed E-state index contributed by atoms with van der Waals surface area (Å²) in [6, 6.07) is 4.83. The Morgan fingerprint density at radius 3 is 2.58 bits per heavy atom. The van der Waals surface area contributed by atoms with Crippen LogP contribution in [0.2, 0.25) is 10.0 Å². The van der Waals surface area contributed by atoms with Crippen molar-refractivity contribution in [2.75, 3.05) is 0 Å². The van der Waals surface area contributed by atoms with Crippen LogP contribution in [0.3, 0.4) is 0 Å². The Morgan fingerprint density at radius 1 is 1.42 bits per heavy atom. The van der Waals surface area contributed by atoms with Crippen molar-refractivity contribution in [1.29, 1.82) is 0 Å². The van der Waals surface area contributed by atoms with E-state index in [1.54, 1.807) is 18.2 Å². The van der Waals surface area contributed by atoms with Crippen LogP contribution in [-0.4, -0.2) is 5.91 Å². The van der Waals surface area contributed by atoms with Crippen LogP contribution >= 0.6 is 23.2 Å². The van der Waals surface area contributed by atoms with Crippen LogP contribution in [0.5, 0.6) is 0 Å². The van der Waals surface area contributed by atoms with Crippen molar-refractivity contribution in [2.45, 2.75) is 0 Å². The second-order valence-corrected chi connectivity index (χ2v) is 3.06. The number of carbonyl (C=O) groups is 1. The molecule has 4 heteroatoms. The second kappa shape index (κ2) is 3.78. The third-order valence-electron chi connectivity index (χ3n) is 1.26. The number of primary amides is 1. The van der Waals surface area contributed by atoms with Gasteiger partial charge in [-0.25, -0.2) is 0 Å². The number of benzene rings is 1. The number of halogens is 2. The van der Waals surface area contributed by atoms with Crippen LogP contribution in [0.4, 0.5) is 0 Å². The van der Waals surface area contributed by atoms with Gasteiger partial charge in [-0.2, -0.15) is 0 Å². The Balaban J connectivity index is 2.93. The zero-order valence-corrected chi connectivity index (χ0v) is 7.56. The molecule has 0 aliphatic rings. The molecule has 2 N–H and O–H groups in total. The minimum absolute atomic E-state index is 0.418. The predicted octanol–water partition coefficient (Wildman–Crippen LogP) is 2.03. The van der Waals surface area contributed by atoms with E-state index in [0.29, 0.717) is 15.6 Å². The van der Waals surface area contributed by atoms with Gasteiger partial charge in [-0.05, 0) is 17.7 Å². The standard InChI is InChI=1S/C8H6Cl2NO/c9-6-2-1-5(3-8(11)12)7(10)4-6/h1-4H,(H2,11,12). The summed E-state index contributed by atoms with van der Waals surface area (Å²) in [4.78, 5) is 10.5. The highest BCUT2D eigenvalue weighted by Crippen LogP contribution is 2.21. The molecule has 0 aliphatic carbocycles. The zero-order valence-electron chi connectivity index (χ0n) is 6.05. The first-order valence-electron chi connectivity index (χ1n) is 3.19. The van der Waals surface area contributed by atoms with Crippen molar-refractivity contribution in [3.63, 3.8) is 0 Å². The first-order chi connectivity index (χ1) is 5.59. The third kappa shape index (κ3) is 2.40. The number of hydrogen-bond acceptors (Lipinski definition) is 1. The molecule has 0 heterocycles. The fourth-order valence-corrected chi connectivity index (χ4v) is 1.23. The normalized spacial score (nSPS) is 9.83. The van der Waals surface area contributed by atoms with Gasteiger partial charge in [-0.3, -0.25) is 4.79 Å². The van der Waals surface area contributed by atoms with Crippen molar-refractivity contribution in [1.82, 2.24) is 0 Å². The molecule has 63 valence electrons. The van der Waals surface area contributed by atoms with E-state index in [1.165, 1.54) is 6.42 Å². The lowest BCUT2D eigenvalue weighted by Crippen LogP contribution is -2.11. The molecule has 2 nitrogen and oxygen atoms in total. The molecule has 0 unspecified atom stereocenters. The molecule has 0 fully saturated rings. The highest BCUT2D eigenvalue weighted by Gasteiger charge is 2.04. The molecular formula is C8H6Cl2NO. The van der Waals surface area contributed by atoms with Gasteiger partial charge in [-0.15, -0.1) is 0 Å². The van der Waals surface area contributed by atoms with Gasteiger partial charge in [-0.1, -0.05) is 29.3 Å². The van der Waals surface area contributed by atoms with Crippen molar-refractivity contribution in [3.8, 4) is 0 Å². The third-order valence-corrected chi connectivity index (χ3v) is 1.82. The molecule has 0 atom stereocenters. The molecule has 1 amide bonds. The monoisotopic (exact) mass is 202 g/mol. The molecule has 0 aromatic heterocycles. The van der Waals surface area contributed by atoms with Crippen molar-refractivity contribution in [2.24, 2.45) is 5.73 Å². The number of hydrogen-bond donors (Lipinski definition) is 1. The zero-order chi connectivity index (χ0) is 9.14. The van der Waals surface area contributed by atoms with Crippen LogP contribution in [0.15, 0.2) is 18.2 Å². The van der Waals surface area contributed by atoms with Gasteiger partial charge < -0.3 is 5.73 Å². The predicted molar refractivity (Wildman–Crippen MR) is 49.1 cm³/mol. The average molecular weight is 203 g/mol. The maximum atomic E-state index is 10.5. The Bertz CT molecular complexity index is 312. The fraction of sp³-hybridized carbons (Fsp3) is 0. The van der Waals surface area contributed by atoms with Crippen molar-refractivity contribution < 1.29 is 4.79 Å². The Kier molecular flexibility index (Phi) is 2.95. The van der Waals surface area contributed by atoms with Gasteiger partial charge >= 0.3 is 0 Å². The SMILES string of the molecule is NC(=O)[CH]c1ccc(Cl)cc1Cl. The molecule has 0 spiro atoms. The van der Waals surface area contributed by atoms with E-state index < -0.39 is 5.91 Å². The van der Waals surface area contributed by atoms with Gasteiger partial charge in [0, 0.05) is 10.0 Å². The van der Waals surface area contributed by atoms with Gasteiger partial charge in [0.15, 0.2) is 0 Å². The summed E-state index contributed by atoms with van der Waals surface area (Å²) < 4.78 is 0. The summed E-state index contributed by atoms with van der Waals surface area (Å²) >= 11 is 11.4. The highest BCUT2D eigenvalue weighted by atomic mass is 35.5. The van der Waals surface area contributed by atoms with E-state index in [0.717, 1.165) is 0 Å². The summed E-state index contributed by atoms with van der Waals surface area (Å²) in [5.41, 5.74) is 5.52. The van der Waals surface area contributed by atoms with Gasteiger partial charge in [0.2, 0.25) is 5.91 Å². The molecule has 1 aromatic rings. The van der Waals surface area contributed by atoms with Crippen LogP contribution in [0.1, 0.15) is 5.56 Å². The quantitative estimate of drug-likeness (QED) is 0.784. The molecular weight excluding hydrogens is 197 g/mol. The topological polar surface area (TPSA) is 43.1 Å². The Labute approximate surface area is 80.3 Å². The van der Waals surface area contributed by atoms with E-state index in [1.807, 2.05) is 0 Å². The van der Waals surface area contributed by atoms with Crippen LogP contribution < -0.4 is 5.73 Å². The number of rotatable bonds is 2. The molecule has 0 saturated heterocycles. The molecule has 0 bridgehead atoms. The molecule has 1 radical (unpaired) electrons. The first kappa shape index (κ1) is 9.36. The maximum absolute atomic E-state index is 10.5. The number of amides is 1. The van der Waals surface area contributed by atoms with Gasteiger partial charge in [0.1, 0.15) is 0 Å². The van der Waals surface area contributed by atoms with E-state index in [-0.39, 0.29) is 0 Å².